The van der Waals surface area contributed by atoms with Crippen molar-refractivity contribution in [3.8, 4) is 16.9 Å². The van der Waals surface area contributed by atoms with E-state index in [1.165, 1.54) is 12.1 Å². The summed E-state index contributed by atoms with van der Waals surface area (Å²) in [4.78, 5) is 0.115. The third-order valence-electron chi connectivity index (χ3n) is 3.26. The molecule has 2 N–H and O–H groups in total. The van der Waals surface area contributed by atoms with Crippen LogP contribution in [-0.2, 0) is 10.0 Å². The zero-order valence-corrected chi connectivity index (χ0v) is 12.0. The molecule has 21 heavy (non-hydrogen) atoms. The van der Waals surface area contributed by atoms with Crippen molar-refractivity contribution in [2.45, 2.75) is 4.90 Å². The summed E-state index contributed by atoms with van der Waals surface area (Å²) in [7, 11) is -3.66. The van der Waals surface area contributed by atoms with Crippen molar-refractivity contribution < 1.29 is 8.42 Å². The fourth-order valence-corrected chi connectivity index (χ4v) is 2.76. The van der Waals surface area contributed by atoms with Crippen molar-refractivity contribution in [3.63, 3.8) is 0 Å². The average Bonchev–Trinajstić information content (AvgIpc) is 2.97. The average molecular weight is 298 g/mol. The monoisotopic (exact) mass is 298 g/mol. The van der Waals surface area contributed by atoms with E-state index < -0.39 is 10.0 Å². The predicted molar refractivity (Wildman–Crippen MR) is 82.6 cm³/mol. The number of para-hydroxylation sites is 1. The van der Waals surface area contributed by atoms with Gasteiger partial charge in [-0.15, -0.1) is 0 Å². The minimum atomic E-state index is -3.66. The van der Waals surface area contributed by atoms with E-state index in [2.05, 4.69) is 0 Å². The highest BCUT2D eigenvalue weighted by atomic mass is 32.2. The molecule has 4 nitrogen and oxygen atoms in total. The molecule has 0 bridgehead atoms. The van der Waals surface area contributed by atoms with Gasteiger partial charge in [0.05, 0.1) is 10.6 Å². The molecule has 0 aliphatic carbocycles. The second-order valence-electron chi connectivity index (χ2n) is 4.67. The molecule has 106 valence electrons. The van der Waals surface area contributed by atoms with Crippen LogP contribution >= 0.6 is 0 Å². The van der Waals surface area contributed by atoms with Crippen molar-refractivity contribution in [1.82, 2.24) is 4.57 Å². The molecule has 0 aliphatic rings. The Hall–Kier alpha value is -2.37. The van der Waals surface area contributed by atoms with E-state index in [4.69, 9.17) is 5.14 Å². The molecule has 3 aromatic rings. The number of hydrogen-bond acceptors (Lipinski definition) is 2. The summed E-state index contributed by atoms with van der Waals surface area (Å²) in [6, 6.07) is 20.4. The van der Waals surface area contributed by atoms with E-state index in [1.807, 2.05) is 53.2 Å². The summed E-state index contributed by atoms with van der Waals surface area (Å²) < 4.78 is 24.6. The summed E-state index contributed by atoms with van der Waals surface area (Å²) in [6.07, 6.45) is 1.97. The van der Waals surface area contributed by atoms with Crippen LogP contribution in [0.1, 0.15) is 0 Å². The van der Waals surface area contributed by atoms with Gasteiger partial charge in [-0.3, -0.25) is 0 Å². The van der Waals surface area contributed by atoms with E-state index in [0.29, 0.717) is 0 Å². The summed E-state index contributed by atoms with van der Waals surface area (Å²) in [5.41, 5.74) is 2.96. The Kier molecular flexibility index (Phi) is 3.37. The quantitative estimate of drug-likeness (QED) is 0.808. The Morgan fingerprint density at radius 1 is 0.810 bits per heavy atom. The zero-order chi connectivity index (χ0) is 14.9. The SMILES string of the molecule is NS(=O)(=O)c1ccc(-c2cccn2-c2ccccc2)cc1. The highest BCUT2D eigenvalue weighted by Gasteiger charge is 2.09. The van der Waals surface area contributed by atoms with E-state index in [-0.39, 0.29) is 4.90 Å². The van der Waals surface area contributed by atoms with Crippen LogP contribution in [0.3, 0.4) is 0 Å². The van der Waals surface area contributed by atoms with Crippen molar-refractivity contribution in [2.75, 3.05) is 0 Å². The van der Waals surface area contributed by atoms with Gasteiger partial charge in [-0.05, 0) is 42.0 Å². The second kappa shape index (κ2) is 5.20. The highest BCUT2D eigenvalue weighted by molar-refractivity contribution is 7.89. The zero-order valence-electron chi connectivity index (χ0n) is 11.2. The number of sulfonamides is 1. The number of hydrogen-bond donors (Lipinski definition) is 1. The summed E-state index contributed by atoms with van der Waals surface area (Å²) in [6.45, 7) is 0. The summed E-state index contributed by atoms with van der Waals surface area (Å²) in [5.74, 6) is 0. The van der Waals surface area contributed by atoms with Crippen molar-refractivity contribution in [1.29, 1.82) is 0 Å². The standard InChI is InChI=1S/C16H14N2O2S/c17-21(19,20)15-10-8-13(9-11-15)16-7-4-12-18(16)14-5-2-1-3-6-14/h1-12H,(H2,17,19,20). The Morgan fingerprint density at radius 2 is 1.48 bits per heavy atom. The van der Waals surface area contributed by atoms with E-state index >= 15 is 0 Å². The lowest BCUT2D eigenvalue weighted by Crippen LogP contribution is -2.11. The van der Waals surface area contributed by atoms with Gasteiger partial charge >= 0.3 is 0 Å². The maximum Gasteiger partial charge on any atom is 0.238 e. The van der Waals surface area contributed by atoms with Gasteiger partial charge in [-0.2, -0.15) is 0 Å². The number of rotatable bonds is 3. The molecule has 0 amide bonds. The summed E-state index contributed by atoms with van der Waals surface area (Å²) in [5, 5.41) is 5.11. The molecule has 2 aromatic carbocycles. The van der Waals surface area contributed by atoms with Crippen LogP contribution in [-0.4, -0.2) is 13.0 Å². The van der Waals surface area contributed by atoms with Crippen LogP contribution in [0.15, 0.2) is 77.8 Å². The predicted octanol–water partition coefficient (Wildman–Crippen LogP) is 2.79. The van der Waals surface area contributed by atoms with Gasteiger partial charge in [-0.25, -0.2) is 13.6 Å². The number of benzene rings is 2. The molecule has 0 fully saturated rings. The van der Waals surface area contributed by atoms with Gasteiger partial charge in [0.2, 0.25) is 10.0 Å². The Bertz CT molecular complexity index is 851. The lowest BCUT2D eigenvalue weighted by Gasteiger charge is -2.09. The van der Waals surface area contributed by atoms with E-state index in [9.17, 15) is 8.42 Å². The van der Waals surface area contributed by atoms with Gasteiger partial charge in [0.15, 0.2) is 0 Å². The molecule has 0 radical (unpaired) electrons. The molecule has 0 saturated heterocycles. The Morgan fingerprint density at radius 3 is 2.10 bits per heavy atom. The van der Waals surface area contributed by atoms with Crippen molar-refractivity contribution >= 4 is 10.0 Å². The van der Waals surface area contributed by atoms with Crippen molar-refractivity contribution in [2.24, 2.45) is 5.14 Å². The minimum Gasteiger partial charge on any atom is -0.317 e. The van der Waals surface area contributed by atoms with Gasteiger partial charge in [0.1, 0.15) is 0 Å². The Labute approximate surface area is 123 Å². The topological polar surface area (TPSA) is 65.1 Å². The van der Waals surface area contributed by atoms with E-state index in [1.54, 1.807) is 12.1 Å². The van der Waals surface area contributed by atoms with Gasteiger partial charge < -0.3 is 4.57 Å². The second-order valence-corrected chi connectivity index (χ2v) is 6.23. The van der Waals surface area contributed by atoms with Crippen LogP contribution in [0.25, 0.3) is 16.9 Å². The lowest BCUT2D eigenvalue weighted by atomic mass is 10.1. The summed E-state index contributed by atoms with van der Waals surface area (Å²) >= 11 is 0. The fraction of sp³-hybridized carbons (Fsp3) is 0. The lowest BCUT2D eigenvalue weighted by molar-refractivity contribution is 0.598. The Balaban J connectivity index is 2.05. The van der Waals surface area contributed by atoms with Gasteiger partial charge in [0.25, 0.3) is 0 Å². The van der Waals surface area contributed by atoms with Crippen LogP contribution in [0, 0.1) is 0 Å². The number of aromatic nitrogens is 1. The molecule has 0 unspecified atom stereocenters. The maximum atomic E-state index is 11.3. The smallest absolute Gasteiger partial charge is 0.238 e. The fourth-order valence-electron chi connectivity index (χ4n) is 2.25. The largest absolute Gasteiger partial charge is 0.317 e. The van der Waals surface area contributed by atoms with Gasteiger partial charge in [-0.1, -0.05) is 30.3 Å². The number of primary sulfonamides is 1. The van der Waals surface area contributed by atoms with Crippen LogP contribution in [0.5, 0.6) is 0 Å². The normalized spacial score (nSPS) is 11.5. The first kappa shape index (κ1) is 13.6. The first-order valence-corrected chi connectivity index (χ1v) is 7.96. The van der Waals surface area contributed by atoms with Gasteiger partial charge in [0, 0.05) is 11.9 Å². The molecule has 1 aromatic heterocycles. The third-order valence-corrected chi connectivity index (χ3v) is 4.19. The van der Waals surface area contributed by atoms with Crippen LogP contribution < -0.4 is 5.14 Å². The molecule has 0 spiro atoms. The molecule has 0 atom stereocenters. The van der Waals surface area contributed by atoms with Crippen LogP contribution in [0.4, 0.5) is 0 Å². The molecular formula is C16H14N2O2S. The number of nitrogens with two attached hydrogens (primary N) is 1. The van der Waals surface area contributed by atoms with Crippen LogP contribution in [0.2, 0.25) is 0 Å². The molecule has 1 heterocycles. The first-order valence-electron chi connectivity index (χ1n) is 6.42. The molecule has 3 rings (SSSR count). The molecular weight excluding hydrogens is 284 g/mol. The maximum absolute atomic E-state index is 11.3. The first-order chi connectivity index (χ1) is 10.1. The molecule has 5 heteroatoms. The molecule has 0 saturated carbocycles. The van der Waals surface area contributed by atoms with E-state index in [0.717, 1.165) is 16.9 Å². The molecule has 0 aliphatic heterocycles. The highest BCUT2D eigenvalue weighted by Crippen LogP contribution is 2.24. The number of nitrogens with zero attached hydrogens (tertiary/aromatic N) is 1. The third kappa shape index (κ3) is 2.74. The minimum absolute atomic E-state index is 0.115. The van der Waals surface area contributed by atoms with Crippen molar-refractivity contribution in [3.05, 3.63) is 72.9 Å².